The van der Waals surface area contributed by atoms with Crippen LogP contribution in [0.25, 0.3) is 0 Å². The summed E-state index contributed by atoms with van der Waals surface area (Å²) in [6.07, 6.45) is 1.88. The quantitative estimate of drug-likeness (QED) is 0.876. The lowest BCUT2D eigenvalue weighted by atomic mass is 9.84. The third kappa shape index (κ3) is 3.61. The average Bonchev–Trinajstić information content (AvgIpc) is 2.96. The van der Waals surface area contributed by atoms with Crippen molar-refractivity contribution >= 4 is 5.91 Å². The molecule has 27 heavy (non-hydrogen) atoms. The monoisotopic (exact) mass is 372 g/mol. The van der Waals surface area contributed by atoms with E-state index in [0.717, 1.165) is 31.7 Å². The molecule has 0 saturated carbocycles. The SMILES string of the molecule is CN1CCCn2nc(C(=O)N3CCC(O)(c4ccc(F)cc4)CC3)cc2C1. The van der Waals surface area contributed by atoms with E-state index >= 15 is 0 Å². The number of carbonyl (C=O) groups is 1. The molecule has 4 rings (SSSR count). The van der Waals surface area contributed by atoms with Crippen LogP contribution in [-0.2, 0) is 18.7 Å². The van der Waals surface area contributed by atoms with Crippen molar-refractivity contribution in [1.82, 2.24) is 19.6 Å². The Morgan fingerprint density at radius 2 is 1.85 bits per heavy atom. The zero-order valence-corrected chi connectivity index (χ0v) is 15.6. The number of hydrogen-bond acceptors (Lipinski definition) is 4. The molecule has 2 aliphatic rings. The highest BCUT2D eigenvalue weighted by atomic mass is 19.1. The fourth-order valence-electron chi connectivity index (χ4n) is 4.02. The van der Waals surface area contributed by atoms with Crippen LogP contribution in [0.1, 0.15) is 41.0 Å². The number of halogens is 1. The van der Waals surface area contributed by atoms with Gasteiger partial charge < -0.3 is 14.9 Å². The third-order valence-corrected chi connectivity index (χ3v) is 5.68. The van der Waals surface area contributed by atoms with Crippen LogP contribution in [0.5, 0.6) is 0 Å². The van der Waals surface area contributed by atoms with Crippen molar-refractivity contribution < 1.29 is 14.3 Å². The van der Waals surface area contributed by atoms with Crippen LogP contribution in [0.2, 0.25) is 0 Å². The molecule has 7 heteroatoms. The van der Waals surface area contributed by atoms with Gasteiger partial charge in [0.1, 0.15) is 5.82 Å². The first kappa shape index (κ1) is 18.1. The summed E-state index contributed by atoms with van der Waals surface area (Å²) in [5.74, 6) is -0.403. The number of carbonyl (C=O) groups excluding carboxylic acids is 1. The summed E-state index contributed by atoms with van der Waals surface area (Å²) in [6.45, 7) is 3.56. The zero-order chi connectivity index (χ0) is 19.0. The number of rotatable bonds is 2. The smallest absolute Gasteiger partial charge is 0.274 e. The summed E-state index contributed by atoms with van der Waals surface area (Å²) in [6, 6.07) is 7.86. The van der Waals surface area contributed by atoms with E-state index in [0.29, 0.717) is 37.2 Å². The first-order chi connectivity index (χ1) is 12.9. The maximum atomic E-state index is 13.1. The number of amides is 1. The normalized spacial score (nSPS) is 20.2. The predicted molar refractivity (Wildman–Crippen MR) is 98.6 cm³/mol. The first-order valence-corrected chi connectivity index (χ1v) is 9.48. The van der Waals surface area contributed by atoms with Crippen LogP contribution >= 0.6 is 0 Å². The molecule has 144 valence electrons. The Bertz CT molecular complexity index is 825. The zero-order valence-electron chi connectivity index (χ0n) is 15.6. The first-order valence-electron chi connectivity index (χ1n) is 9.48. The minimum atomic E-state index is -1.02. The molecule has 0 unspecified atom stereocenters. The molecular weight excluding hydrogens is 347 g/mol. The second-order valence-corrected chi connectivity index (χ2v) is 7.67. The highest BCUT2D eigenvalue weighted by Crippen LogP contribution is 2.33. The topological polar surface area (TPSA) is 61.6 Å². The van der Waals surface area contributed by atoms with Gasteiger partial charge in [0.2, 0.25) is 0 Å². The number of nitrogens with zero attached hydrogens (tertiary/aromatic N) is 4. The summed E-state index contributed by atoms with van der Waals surface area (Å²) >= 11 is 0. The minimum Gasteiger partial charge on any atom is -0.385 e. The fraction of sp³-hybridized carbons (Fsp3) is 0.500. The van der Waals surface area contributed by atoms with Crippen LogP contribution in [-0.4, -0.2) is 57.3 Å². The van der Waals surface area contributed by atoms with Gasteiger partial charge in [0, 0.05) is 32.7 Å². The van der Waals surface area contributed by atoms with E-state index < -0.39 is 5.60 Å². The summed E-state index contributed by atoms with van der Waals surface area (Å²) in [7, 11) is 2.07. The molecule has 0 atom stereocenters. The van der Waals surface area contributed by atoms with Crippen LogP contribution in [0.4, 0.5) is 4.39 Å². The van der Waals surface area contributed by atoms with Crippen molar-refractivity contribution in [3.63, 3.8) is 0 Å². The number of aromatic nitrogens is 2. The number of benzene rings is 1. The molecule has 6 nitrogen and oxygen atoms in total. The van der Waals surface area contributed by atoms with Gasteiger partial charge in [-0.05, 0) is 50.1 Å². The second-order valence-electron chi connectivity index (χ2n) is 7.67. The molecule has 1 N–H and O–H groups in total. The fourth-order valence-corrected chi connectivity index (χ4v) is 4.02. The summed E-state index contributed by atoms with van der Waals surface area (Å²) in [5.41, 5.74) is 1.23. The van der Waals surface area contributed by atoms with Gasteiger partial charge in [0.25, 0.3) is 5.91 Å². The van der Waals surface area contributed by atoms with Crippen molar-refractivity contribution in [2.24, 2.45) is 0 Å². The largest absolute Gasteiger partial charge is 0.385 e. The van der Waals surface area contributed by atoms with Crippen molar-refractivity contribution in [2.75, 3.05) is 26.7 Å². The lowest BCUT2D eigenvalue weighted by Gasteiger charge is -2.38. The van der Waals surface area contributed by atoms with Crippen molar-refractivity contribution in [3.05, 3.63) is 53.1 Å². The molecule has 0 radical (unpaired) electrons. The minimum absolute atomic E-state index is 0.0839. The molecule has 0 spiro atoms. The Morgan fingerprint density at radius 1 is 1.15 bits per heavy atom. The lowest BCUT2D eigenvalue weighted by Crippen LogP contribution is -2.45. The molecule has 1 amide bonds. The standard InChI is InChI=1S/C20H25FN4O2/c1-23-9-2-10-25-17(14-23)13-18(22-25)19(26)24-11-7-20(27,8-12-24)15-3-5-16(21)6-4-15/h3-6,13,27H,2,7-12,14H2,1H3. The summed E-state index contributed by atoms with van der Waals surface area (Å²) < 4.78 is 15.1. The van der Waals surface area contributed by atoms with Crippen molar-refractivity contribution in [2.45, 2.75) is 38.0 Å². The van der Waals surface area contributed by atoms with Crippen LogP contribution in [0, 0.1) is 5.82 Å². The Kier molecular flexibility index (Phi) is 4.74. The molecule has 2 aliphatic heterocycles. The van der Waals surface area contributed by atoms with Gasteiger partial charge in [0.15, 0.2) is 5.69 Å². The maximum Gasteiger partial charge on any atom is 0.274 e. The van der Waals surface area contributed by atoms with Crippen LogP contribution in [0.15, 0.2) is 30.3 Å². The van der Waals surface area contributed by atoms with Gasteiger partial charge in [-0.3, -0.25) is 9.48 Å². The van der Waals surface area contributed by atoms with E-state index in [1.165, 1.54) is 12.1 Å². The van der Waals surface area contributed by atoms with Gasteiger partial charge in [-0.15, -0.1) is 0 Å². The van der Waals surface area contributed by atoms with Crippen LogP contribution in [0.3, 0.4) is 0 Å². The van der Waals surface area contributed by atoms with Gasteiger partial charge in [-0.2, -0.15) is 5.10 Å². The molecule has 1 fully saturated rings. The van der Waals surface area contributed by atoms with E-state index in [4.69, 9.17) is 0 Å². The Labute approximate surface area is 158 Å². The molecule has 0 aliphatic carbocycles. The summed E-state index contributed by atoms with van der Waals surface area (Å²) in [4.78, 5) is 16.9. The number of hydrogen-bond donors (Lipinski definition) is 1. The number of aryl methyl sites for hydroxylation is 1. The lowest BCUT2D eigenvalue weighted by molar-refractivity contribution is -0.0213. The molecule has 1 aromatic carbocycles. The highest BCUT2D eigenvalue weighted by molar-refractivity contribution is 5.92. The van der Waals surface area contributed by atoms with Crippen LogP contribution < -0.4 is 0 Å². The molecule has 3 heterocycles. The Balaban J connectivity index is 1.44. The van der Waals surface area contributed by atoms with E-state index in [1.807, 2.05) is 10.7 Å². The van der Waals surface area contributed by atoms with Gasteiger partial charge in [-0.1, -0.05) is 12.1 Å². The molecule has 2 aromatic rings. The number of aliphatic hydroxyl groups is 1. The number of piperidine rings is 1. The molecular formula is C20H25FN4O2. The maximum absolute atomic E-state index is 13.1. The summed E-state index contributed by atoms with van der Waals surface area (Å²) in [5, 5.41) is 15.4. The Morgan fingerprint density at radius 3 is 2.56 bits per heavy atom. The molecule has 1 aromatic heterocycles. The third-order valence-electron chi connectivity index (χ3n) is 5.68. The Hall–Kier alpha value is -2.25. The predicted octanol–water partition coefficient (Wildman–Crippen LogP) is 1.98. The van der Waals surface area contributed by atoms with Crippen molar-refractivity contribution in [1.29, 1.82) is 0 Å². The van der Waals surface area contributed by atoms with Gasteiger partial charge >= 0.3 is 0 Å². The average molecular weight is 372 g/mol. The molecule has 0 bridgehead atoms. The van der Waals surface area contributed by atoms with E-state index in [-0.39, 0.29) is 11.7 Å². The second kappa shape index (κ2) is 7.05. The van der Waals surface area contributed by atoms with E-state index in [2.05, 4.69) is 17.0 Å². The van der Waals surface area contributed by atoms with E-state index in [9.17, 15) is 14.3 Å². The number of fused-ring (bicyclic) bond motifs is 1. The van der Waals surface area contributed by atoms with E-state index in [1.54, 1.807) is 17.0 Å². The van der Waals surface area contributed by atoms with Gasteiger partial charge in [0.05, 0.1) is 11.3 Å². The number of likely N-dealkylation sites (tertiary alicyclic amines) is 1. The molecule has 1 saturated heterocycles. The van der Waals surface area contributed by atoms with Crippen molar-refractivity contribution in [3.8, 4) is 0 Å². The highest BCUT2D eigenvalue weighted by Gasteiger charge is 2.36. The van der Waals surface area contributed by atoms with Gasteiger partial charge in [-0.25, -0.2) is 4.39 Å².